The molecule has 0 saturated heterocycles. The van der Waals surface area contributed by atoms with Crippen molar-refractivity contribution in [3.05, 3.63) is 0 Å². The van der Waals surface area contributed by atoms with E-state index in [1.54, 1.807) is 7.11 Å². The van der Waals surface area contributed by atoms with Gasteiger partial charge in [0.15, 0.2) is 0 Å². The third-order valence-electron chi connectivity index (χ3n) is 3.52. The first-order chi connectivity index (χ1) is 6.83. The highest BCUT2D eigenvalue weighted by Gasteiger charge is 2.40. The molecule has 0 amide bonds. The molecule has 0 heterocycles. The Labute approximate surface area is 88.4 Å². The van der Waals surface area contributed by atoms with E-state index in [2.05, 4.69) is 19.2 Å². The van der Waals surface area contributed by atoms with Crippen molar-refractivity contribution in [2.24, 2.45) is 17.8 Å². The molecule has 1 saturated carbocycles. The van der Waals surface area contributed by atoms with Crippen LogP contribution in [0.15, 0.2) is 0 Å². The Morgan fingerprint density at radius 2 is 2.07 bits per heavy atom. The molecule has 2 heteroatoms. The summed E-state index contributed by atoms with van der Waals surface area (Å²) in [6.45, 7) is 7.68. The Morgan fingerprint density at radius 3 is 2.64 bits per heavy atom. The smallest absolute Gasteiger partial charge is 0.0587 e. The molecule has 0 aliphatic heterocycles. The average molecular weight is 199 g/mol. The van der Waals surface area contributed by atoms with E-state index in [-0.39, 0.29) is 0 Å². The van der Waals surface area contributed by atoms with Gasteiger partial charge in [-0.25, -0.2) is 0 Å². The molecule has 1 aliphatic carbocycles. The molecule has 0 bridgehead atoms. The Kier molecular flexibility index (Phi) is 5.49. The van der Waals surface area contributed by atoms with Crippen LogP contribution in [-0.2, 0) is 4.74 Å². The molecule has 84 valence electrons. The van der Waals surface area contributed by atoms with Crippen LogP contribution in [0.25, 0.3) is 0 Å². The zero-order valence-corrected chi connectivity index (χ0v) is 9.88. The van der Waals surface area contributed by atoms with Crippen molar-refractivity contribution < 1.29 is 4.74 Å². The molecule has 1 rings (SSSR count). The molecule has 0 radical (unpaired) electrons. The van der Waals surface area contributed by atoms with E-state index in [4.69, 9.17) is 4.74 Å². The summed E-state index contributed by atoms with van der Waals surface area (Å²) in [6, 6.07) is 0. The van der Waals surface area contributed by atoms with Crippen LogP contribution in [0.1, 0.15) is 33.1 Å². The van der Waals surface area contributed by atoms with Gasteiger partial charge in [-0.3, -0.25) is 0 Å². The third-order valence-corrected chi connectivity index (χ3v) is 3.52. The van der Waals surface area contributed by atoms with Crippen LogP contribution in [0.4, 0.5) is 0 Å². The summed E-state index contributed by atoms with van der Waals surface area (Å²) < 4.78 is 5.00. The first-order valence-corrected chi connectivity index (χ1v) is 6.03. The second-order valence-corrected chi connectivity index (χ2v) is 4.43. The van der Waals surface area contributed by atoms with E-state index in [0.29, 0.717) is 0 Å². The first kappa shape index (κ1) is 12.0. The van der Waals surface area contributed by atoms with Gasteiger partial charge in [0, 0.05) is 13.7 Å². The van der Waals surface area contributed by atoms with Gasteiger partial charge in [0.1, 0.15) is 0 Å². The maximum absolute atomic E-state index is 5.00. The van der Waals surface area contributed by atoms with E-state index in [1.807, 2.05) is 0 Å². The van der Waals surface area contributed by atoms with Crippen LogP contribution < -0.4 is 5.32 Å². The van der Waals surface area contributed by atoms with E-state index in [9.17, 15) is 0 Å². The van der Waals surface area contributed by atoms with E-state index in [1.165, 1.54) is 25.8 Å². The first-order valence-electron chi connectivity index (χ1n) is 6.03. The average Bonchev–Trinajstić information content (AvgIpc) is 2.95. The lowest BCUT2D eigenvalue weighted by molar-refractivity contribution is 0.198. The molecule has 1 aliphatic rings. The van der Waals surface area contributed by atoms with Gasteiger partial charge in [0.2, 0.25) is 0 Å². The quantitative estimate of drug-likeness (QED) is 0.606. The molecular formula is C12H25NO. The van der Waals surface area contributed by atoms with Crippen molar-refractivity contribution in [2.75, 3.05) is 26.8 Å². The number of ether oxygens (including phenoxy) is 1. The van der Waals surface area contributed by atoms with Crippen molar-refractivity contribution in [1.29, 1.82) is 0 Å². The normalized spacial score (nSPS) is 25.7. The number of rotatable bonds is 8. The standard InChI is InChI=1S/C12H25NO/c1-4-10(5-2)12-8-11(12)9-13-6-7-14-3/h10-13H,4-9H2,1-3H3. The zero-order chi connectivity index (χ0) is 10.4. The van der Waals surface area contributed by atoms with Gasteiger partial charge in [-0.2, -0.15) is 0 Å². The lowest BCUT2D eigenvalue weighted by Gasteiger charge is -2.11. The fraction of sp³-hybridized carbons (Fsp3) is 1.00. The summed E-state index contributed by atoms with van der Waals surface area (Å²) in [5.41, 5.74) is 0. The van der Waals surface area contributed by atoms with Crippen molar-refractivity contribution >= 4 is 0 Å². The second-order valence-electron chi connectivity index (χ2n) is 4.43. The van der Waals surface area contributed by atoms with Crippen molar-refractivity contribution in [1.82, 2.24) is 5.32 Å². The molecular weight excluding hydrogens is 174 g/mol. The lowest BCUT2D eigenvalue weighted by Crippen LogP contribution is -2.22. The molecule has 2 nitrogen and oxygen atoms in total. The van der Waals surface area contributed by atoms with Crippen molar-refractivity contribution in [3.8, 4) is 0 Å². The number of hydrogen-bond acceptors (Lipinski definition) is 2. The zero-order valence-electron chi connectivity index (χ0n) is 9.88. The van der Waals surface area contributed by atoms with Gasteiger partial charge >= 0.3 is 0 Å². The Morgan fingerprint density at radius 1 is 1.36 bits per heavy atom. The van der Waals surface area contributed by atoms with Gasteiger partial charge in [-0.15, -0.1) is 0 Å². The SMILES string of the molecule is CCC(CC)C1CC1CNCCOC. The predicted octanol–water partition coefficient (Wildman–Crippen LogP) is 2.29. The summed E-state index contributed by atoms with van der Waals surface area (Å²) in [4.78, 5) is 0. The van der Waals surface area contributed by atoms with Crippen LogP contribution in [0.2, 0.25) is 0 Å². The monoisotopic (exact) mass is 199 g/mol. The summed E-state index contributed by atoms with van der Waals surface area (Å²) in [7, 11) is 1.76. The minimum atomic E-state index is 0.836. The second kappa shape index (κ2) is 6.41. The minimum Gasteiger partial charge on any atom is -0.383 e. The molecule has 14 heavy (non-hydrogen) atoms. The highest BCUT2D eigenvalue weighted by molar-refractivity contribution is 4.91. The summed E-state index contributed by atoms with van der Waals surface area (Å²) >= 11 is 0. The number of nitrogens with one attached hydrogen (secondary N) is 1. The van der Waals surface area contributed by atoms with Gasteiger partial charge in [0.05, 0.1) is 6.61 Å². The number of methoxy groups -OCH3 is 1. The van der Waals surface area contributed by atoms with E-state index >= 15 is 0 Å². The van der Waals surface area contributed by atoms with E-state index in [0.717, 1.165) is 30.9 Å². The Balaban J connectivity index is 2.01. The summed E-state index contributed by atoms with van der Waals surface area (Å²) in [5, 5.41) is 3.46. The highest BCUT2D eigenvalue weighted by Crippen LogP contribution is 2.46. The molecule has 0 aromatic rings. The van der Waals surface area contributed by atoms with Gasteiger partial charge in [-0.1, -0.05) is 26.7 Å². The molecule has 2 atom stereocenters. The van der Waals surface area contributed by atoms with Crippen molar-refractivity contribution in [2.45, 2.75) is 33.1 Å². The molecule has 1 fully saturated rings. The predicted molar refractivity (Wildman–Crippen MR) is 60.4 cm³/mol. The maximum atomic E-state index is 5.00. The molecule has 0 aromatic heterocycles. The van der Waals surface area contributed by atoms with Crippen molar-refractivity contribution in [3.63, 3.8) is 0 Å². The molecule has 1 N–H and O–H groups in total. The molecule has 2 unspecified atom stereocenters. The fourth-order valence-electron chi connectivity index (χ4n) is 2.44. The summed E-state index contributed by atoms with van der Waals surface area (Å²) in [5.74, 6) is 2.95. The summed E-state index contributed by atoms with van der Waals surface area (Å²) in [6.07, 6.45) is 4.16. The van der Waals surface area contributed by atoms with Crippen LogP contribution in [-0.4, -0.2) is 26.8 Å². The van der Waals surface area contributed by atoms with Crippen LogP contribution >= 0.6 is 0 Å². The van der Waals surface area contributed by atoms with Crippen LogP contribution in [0.3, 0.4) is 0 Å². The Bertz CT molecular complexity index is 145. The van der Waals surface area contributed by atoms with Crippen LogP contribution in [0.5, 0.6) is 0 Å². The van der Waals surface area contributed by atoms with Crippen LogP contribution in [0, 0.1) is 17.8 Å². The maximum Gasteiger partial charge on any atom is 0.0587 e. The fourth-order valence-corrected chi connectivity index (χ4v) is 2.44. The third kappa shape index (κ3) is 3.58. The Hall–Kier alpha value is -0.0800. The van der Waals surface area contributed by atoms with Gasteiger partial charge in [0.25, 0.3) is 0 Å². The number of hydrogen-bond donors (Lipinski definition) is 1. The minimum absolute atomic E-state index is 0.836. The topological polar surface area (TPSA) is 21.3 Å². The lowest BCUT2D eigenvalue weighted by atomic mass is 9.96. The molecule has 0 spiro atoms. The highest BCUT2D eigenvalue weighted by atomic mass is 16.5. The molecule has 0 aromatic carbocycles. The van der Waals surface area contributed by atoms with Gasteiger partial charge < -0.3 is 10.1 Å². The van der Waals surface area contributed by atoms with Gasteiger partial charge in [-0.05, 0) is 30.7 Å². The van der Waals surface area contributed by atoms with E-state index < -0.39 is 0 Å². The largest absolute Gasteiger partial charge is 0.383 e.